The normalized spacial score (nSPS) is 9.50. The number of nitrogens with zero attached hydrogens (tertiary/aromatic N) is 1. The fourth-order valence-corrected chi connectivity index (χ4v) is 1.12. The highest BCUT2D eigenvalue weighted by Gasteiger charge is 2.03. The summed E-state index contributed by atoms with van der Waals surface area (Å²) in [6.07, 6.45) is 1.66. The zero-order valence-electron chi connectivity index (χ0n) is 7.51. The molecule has 0 spiro atoms. The number of nitrogens with two attached hydrogens (primary N) is 1. The van der Waals surface area contributed by atoms with E-state index in [2.05, 4.69) is 4.98 Å². The number of hydrogen-bond donors (Lipinski definition) is 1. The molecule has 14 heavy (non-hydrogen) atoms. The second kappa shape index (κ2) is 4.79. The Hall–Kier alpha value is -1.32. The van der Waals surface area contributed by atoms with Crippen molar-refractivity contribution in [2.24, 2.45) is 5.73 Å². The van der Waals surface area contributed by atoms with Gasteiger partial charge in [-0.25, -0.2) is 4.98 Å². The summed E-state index contributed by atoms with van der Waals surface area (Å²) < 4.78 is 5.38. The summed E-state index contributed by atoms with van der Waals surface area (Å²) in [7, 11) is 0. The molecule has 0 amide bonds. The minimum absolute atomic E-state index is 0. The van der Waals surface area contributed by atoms with Gasteiger partial charge in [0, 0.05) is 5.56 Å². The van der Waals surface area contributed by atoms with Crippen LogP contribution in [-0.4, -0.2) is 4.98 Å². The first kappa shape index (κ1) is 10.8. The molecule has 0 aliphatic carbocycles. The Kier molecular flexibility index (Phi) is 3.68. The molecular weight excluding hydrogens is 200 g/mol. The minimum Gasteiger partial charge on any atom is -0.440 e. The molecule has 2 rings (SSSR count). The van der Waals surface area contributed by atoms with Crippen LogP contribution in [0.15, 0.2) is 40.9 Å². The van der Waals surface area contributed by atoms with E-state index in [0.717, 1.165) is 5.56 Å². The van der Waals surface area contributed by atoms with Gasteiger partial charge in [0.15, 0.2) is 0 Å². The molecule has 0 aliphatic heterocycles. The summed E-state index contributed by atoms with van der Waals surface area (Å²) in [5.74, 6) is 1.33. The lowest BCUT2D eigenvalue weighted by molar-refractivity contribution is 0.521. The highest BCUT2D eigenvalue weighted by Crippen LogP contribution is 2.17. The maximum Gasteiger partial charge on any atom is 0.226 e. The summed E-state index contributed by atoms with van der Waals surface area (Å²) in [5, 5.41) is 0. The Morgan fingerprint density at radius 1 is 1.21 bits per heavy atom. The molecule has 3 nitrogen and oxygen atoms in total. The molecule has 0 saturated carbocycles. The number of benzene rings is 1. The summed E-state index contributed by atoms with van der Waals surface area (Å²) in [5.41, 5.74) is 6.38. The predicted molar refractivity (Wildman–Crippen MR) is 57.1 cm³/mol. The highest BCUT2D eigenvalue weighted by molar-refractivity contribution is 5.85. The van der Waals surface area contributed by atoms with E-state index in [1.165, 1.54) is 0 Å². The van der Waals surface area contributed by atoms with Crippen molar-refractivity contribution in [3.05, 3.63) is 42.3 Å². The lowest BCUT2D eigenvalue weighted by Gasteiger charge is -1.92. The van der Waals surface area contributed by atoms with Crippen molar-refractivity contribution in [1.29, 1.82) is 0 Å². The maximum atomic E-state index is 5.41. The van der Waals surface area contributed by atoms with E-state index >= 15 is 0 Å². The van der Waals surface area contributed by atoms with Gasteiger partial charge in [0.1, 0.15) is 5.76 Å². The van der Waals surface area contributed by atoms with Gasteiger partial charge in [0.25, 0.3) is 0 Å². The van der Waals surface area contributed by atoms with Crippen LogP contribution in [0.3, 0.4) is 0 Å². The molecule has 0 fully saturated rings. The van der Waals surface area contributed by atoms with E-state index in [9.17, 15) is 0 Å². The Balaban J connectivity index is 0.000000980. The molecule has 0 radical (unpaired) electrons. The first-order chi connectivity index (χ1) is 6.40. The van der Waals surface area contributed by atoms with Gasteiger partial charge in [-0.3, -0.25) is 0 Å². The number of rotatable bonds is 2. The van der Waals surface area contributed by atoms with Crippen molar-refractivity contribution in [3.8, 4) is 11.5 Å². The fourth-order valence-electron chi connectivity index (χ4n) is 1.12. The van der Waals surface area contributed by atoms with Crippen LogP contribution >= 0.6 is 12.4 Å². The van der Waals surface area contributed by atoms with Crippen LogP contribution in [0.4, 0.5) is 0 Å². The van der Waals surface area contributed by atoms with Gasteiger partial charge in [-0.05, 0) is 12.1 Å². The third-order valence-electron chi connectivity index (χ3n) is 1.78. The van der Waals surface area contributed by atoms with E-state index in [1.807, 2.05) is 30.3 Å². The Bertz CT molecular complexity index is 386. The molecule has 74 valence electrons. The molecule has 1 aromatic heterocycles. The molecule has 4 heteroatoms. The van der Waals surface area contributed by atoms with Gasteiger partial charge in [-0.1, -0.05) is 18.2 Å². The molecule has 1 heterocycles. The molecule has 0 atom stereocenters. The van der Waals surface area contributed by atoms with E-state index in [-0.39, 0.29) is 12.4 Å². The van der Waals surface area contributed by atoms with Crippen molar-refractivity contribution >= 4 is 12.4 Å². The van der Waals surface area contributed by atoms with E-state index < -0.39 is 0 Å². The van der Waals surface area contributed by atoms with E-state index in [0.29, 0.717) is 18.2 Å². The molecule has 2 N–H and O–H groups in total. The summed E-state index contributed by atoms with van der Waals surface area (Å²) in [4.78, 5) is 4.11. The zero-order valence-corrected chi connectivity index (χ0v) is 8.33. The Labute approximate surface area is 88.4 Å². The van der Waals surface area contributed by atoms with Gasteiger partial charge in [-0.2, -0.15) is 0 Å². The lowest BCUT2D eigenvalue weighted by atomic mass is 10.2. The van der Waals surface area contributed by atoms with Crippen molar-refractivity contribution in [2.75, 3.05) is 0 Å². The van der Waals surface area contributed by atoms with Crippen LogP contribution in [0.25, 0.3) is 11.5 Å². The summed E-state index contributed by atoms with van der Waals surface area (Å²) in [6.45, 7) is 0.389. The SMILES string of the molecule is Cl.NCc1cnc(-c2ccccc2)o1. The zero-order chi connectivity index (χ0) is 9.10. The molecule has 2 aromatic rings. The van der Waals surface area contributed by atoms with Crippen LogP contribution in [0, 0.1) is 0 Å². The average Bonchev–Trinajstić information content (AvgIpc) is 2.67. The number of aromatic nitrogens is 1. The number of hydrogen-bond acceptors (Lipinski definition) is 3. The number of halogens is 1. The molecule has 0 bridgehead atoms. The largest absolute Gasteiger partial charge is 0.440 e. The smallest absolute Gasteiger partial charge is 0.226 e. The molecule has 0 unspecified atom stereocenters. The van der Waals surface area contributed by atoms with Crippen LogP contribution < -0.4 is 5.73 Å². The fraction of sp³-hybridized carbons (Fsp3) is 0.100. The van der Waals surface area contributed by atoms with Crippen molar-refractivity contribution in [2.45, 2.75) is 6.54 Å². The van der Waals surface area contributed by atoms with E-state index in [1.54, 1.807) is 6.20 Å². The van der Waals surface area contributed by atoms with Gasteiger partial charge in [0.2, 0.25) is 5.89 Å². The van der Waals surface area contributed by atoms with Crippen molar-refractivity contribution < 1.29 is 4.42 Å². The molecular formula is C10H11ClN2O. The first-order valence-electron chi connectivity index (χ1n) is 4.10. The lowest BCUT2D eigenvalue weighted by Crippen LogP contribution is -1.92. The van der Waals surface area contributed by atoms with Crippen LogP contribution in [0.2, 0.25) is 0 Å². The first-order valence-corrected chi connectivity index (χ1v) is 4.10. The Morgan fingerprint density at radius 2 is 1.93 bits per heavy atom. The second-order valence-corrected chi connectivity index (χ2v) is 2.70. The predicted octanol–water partition coefficient (Wildman–Crippen LogP) is 2.22. The van der Waals surface area contributed by atoms with Gasteiger partial charge >= 0.3 is 0 Å². The third-order valence-corrected chi connectivity index (χ3v) is 1.78. The van der Waals surface area contributed by atoms with Gasteiger partial charge in [0.05, 0.1) is 12.7 Å². The quantitative estimate of drug-likeness (QED) is 0.827. The monoisotopic (exact) mass is 210 g/mol. The summed E-state index contributed by atoms with van der Waals surface area (Å²) in [6, 6.07) is 9.75. The highest BCUT2D eigenvalue weighted by atomic mass is 35.5. The minimum atomic E-state index is 0. The molecule has 1 aromatic carbocycles. The molecule has 0 saturated heterocycles. The van der Waals surface area contributed by atoms with Crippen molar-refractivity contribution in [3.63, 3.8) is 0 Å². The number of oxazole rings is 1. The van der Waals surface area contributed by atoms with Crippen molar-refractivity contribution in [1.82, 2.24) is 4.98 Å². The molecule has 0 aliphatic rings. The Morgan fingerprint density at radius 3 is 2.50 bits per heavy atom. The summed E-state index contributed by atoms with van der Waals surface area (Å²) >= 11 is 0. The second-order valence-electron chi connectivity index (χ2n) is 2.70. The van der Waals surface area contributed by atoms with Crippen LogP contribution in [-0.2, 0) is 6.54 Å². The van der Waals surface area contributed by atoms with E-state index in [4.69, 9.17) is 10.2 Å². The van der Waals surface area contributed by atoms with Gasteiger partial charge < -0.3 is 10.2 Å². The standard InChI is InChI=1S/C10H10N2O.ClH/c11-6-9-7-12-10(13-9)8-4-2-1-3-5-8;/h1-5,7H,6,11H2;1H. The average molecular weight is 211 g/mol. The third kappa shape index (κ3) is 2.13. The topological polar surface area (TPSA) is 52.0 Å². The van der Waals surface area contributed by atoms with Gasteiger partial charge in [-0.15, -0.1) is 12.4 Å². The van der Waals surface area contributed by atoms with Crippen LogP contribution in [0.5, 0.6) is 0 Å². The maximum absolute atomic E-state index is 5.41. The van der Waals surface area contributed by atoms with Crippen LogP contribution in [0.1, 0.15) is 5.76 Å².